The predicted molar refractivity (Wildman–Crippen MR) is 73.8 cm³/mol. The van der Waals surface area contributed by atoms with E-state index in [0.29, 0.717) is 24.4 Å². The second-order valence-corrected chi connectivity index (χ2v) is 5.34. The van der Waals surface area contributed by atoms with Gasteiger partial charge in [0.25, 0.3) is 5.91 Å². The van der Waals surface area contributed by atoms with Gasteiger partial charge in [-0.1, -0.05) is 26.0 Å². The van der Waals surface area contributed by atoms with Crippen molar-refractivity contribution in [2.24, 2.45) is 5.73 Å². The molecule has 1 saturated heterocycles. The molecule has 0 unspecified atom stereocenters. The van der Waals surface area contributed by atoms with E-state index in [1.165, 1.54) is 5.56 Å². The average Bonchev–Trinajstić information content (AvgIpc) is 2.87. The van der Waals surface area contributed by atoms with Gasteiger partial charge in [0.1, 0.15) is 6.04 Å². The van der Waals surface area contributed by atoms with Gasteiger partial charge in [0.05, 0.1) is 0 Å². The Balaban J connectivity index is 2.17. The Morgan fingerprint density at radius 3 is 2.42 bits per heavy atom. The number of primary amides is 1. The molecule has 102 valence electrons. The molecular formula is C15H20N2O2. The summed E-state index contributed by atoms with van der Waals surface area (Å²) in [5, 5.41) is 0. The van der Waals surface area contributed by atoms with E-state index in [1.807, 2.05) is 24.3 Å². The van der Waals surface area contributed by atoms with Crippen LogP contribution in [0.3, 0.4) is 0 Å². The largest absolute Gasteiger partial charge is 0.368 e. The van der Waals surface area contributed by atoms with Gasteiger partial charge >= 0.3 is 0 Å². The molecule has 2 N–H and O–H groups in total. The summed E-state index contributed by atoms with van der Waals surface area (Å²) in [6, 6.07) is 7.14. The summed E-state index contributed by atoms with van der Waals surface area (Å²) in [5.74, 6) is -0.0736. The summed E-state index contributed by atoms with van der Waals surface area (Å²) in [6.07, 6.45) is 1.51. The zero-order valence-corrected chi connectivity index (χ0v) is 11.4. The highest BCUT2D eigenvalue weighted by Gasteiger charge is 2.32. The minimum atomic E-state index is -0.447. The highest BCUT2D eigenvalue weighted by Crippen LogP contribution is 2.21. The molecule has 0 radical (unpaired) electrons. The lowest BCUT2D eigenvalue weighted by molar-refractivity contribution is -0.121. The smallest absolute Gasteiger partial charge is 0.254 e. The van der Waals surface area contributed by atoms with Crippen LogP contribution >= 0.6 is 0 Å². The molecule has 0 spiro atoms. The van der Waals surface area contributed by atoms with Crippen molar-refractivity contribution in [3.63, 3.8) is 0 Å². The van der Waals surface area contributed by atoms with E-state index in [1.54, 1.807) is 4.90 Å². The van der Waals surface area contributed by atoms with Gasteiger partial charge in [0.15, 0.2) is 0 Å². The lowest BCUT2D eigenvalue weighted by Crippen LogP contribution is -2.43. The number of likely N-dealkylation sites (tertiary alicyclic amines) is 1. The first-order chi connectivity index (χ1) is 9.00. The Bertz CT molecular complexity index is 479. The second-order valence-electron chi connectivity index (χ2n) is 5.34. The number of nitrogens with two attached hydrogens (primary N) is 1. The average molecular weight is 260 g/mol. The van der Waals surface area contributed by atoms with Crippen molar-refractivity contribution >= 4 is 11.8 Å². The second kappa shape index (κ2) is 5.43. The molecule has 4 nitrogen and oxygen atoms in total. The summed E-state index contributed by atoms with van der Waals surface area (Å²) in [6.45, 7) is 4.83. The molecule has 19 heavy (non-hydrogen) atoms. The van der Waals surface area contributed by atoms with Crippen LogP contribution in [-0.2, 0) is 4.79 Å². The molecule has 0 bridgehead atoms. The standard InChI is InChI=1S/C15H20N2O2/c1-10(2)11-5-7-12(8-6-11)15(19)17-9-3-4-13(17)14(16)18/h5-8,10,13H,3-4,9H2,1-2H3,(H2,16,18)/t13-/m0/s1. The number of nitrogens with zero attached hydrogens (tertiary/aromatic N) is 1. The van der Waals surface area contributed by atoms with Gasteiger partial charge in [-0.15, -0.1) is 0 Å². The fourth-order valence-corrected chi connectivity index (χ4v) is 2.48. The van der Waals surface area contributed by atoms with Gasteiger partial charge < -0.3 is 10.6 Å². The molecule has 4 heteroatoms. The maximum absolute atomic E-state index is 12.4. The zero-order chi connectivity index (χ0) is 14.0. The third-order valence-electron chi connectivity index (χ3n) is 3.67. The Labute approximate surface area is 113 Å². The van der Waals surface area contributed by atoms with Gasteiger partial charge in [-0.2, -0.15) is 0 Å². The van der Waals surface area contributed by atoms with Crippen molar-refractivity contribution in [1.82, 2.24) is 4.90 Å². The molecular weight excluding hydrogens is 240 g/mol. The summed E-state index contributed by atoms with van der Waals surface area (Å²) >= 11 is 0. The SMILES string of the molecule is CC(C)c1ccc(C(=O)N2CCC[C@H]2C(N)=O)cc1. The highest BCUT2D eigenvalue weighted by atomic mass is 16.2. The maximum Gasteiger partial charge on any atom is 0.254 e. The van der Waals surface area contributed by atoms with Gasteiger partial charge in [-0.25, -0.2) is 0 Å². The minimum Gasteiger partial charge on any atom is -0.368 e. The van der Waals surface area contributed by atoms with Crippen LogP contribution in [0.4, 0.5) is 0 Å². The van der Waals surface area contributed by atoms with Crippen LogP contribution in [0.15, 0.2) is 24.3 Å². The van der Waals surface area contributed by atoms with E-state index in [0.717, 1.165) is 6.42 Å². The van der Waals surface area contributed by atoms with Gasteiger partial charge in [0.2, 0.25) is 5.91 Å². The van der Waals surface area contributed by atoms with E-state index in [4.69, 9.17) is 5.73 Å². The number of hydrogen-bond donors (Lipinski definition) is 1. The molecule has 1 aromatic rings. The first kappa shape index (κ1) is 13.6. The van der Waals surface area contributed by atoms with Crippen LogP contribution in [-0.4, -0.2) is 29.3 Å². The molecule has 1 atom stereocenters. The fourth-order valence-electron chi connectivity index (χ4n) is 2.48. The zero-order valence-electron chi connectivity index (χ0n) is 11.4. The highest BCUT2D eigenvalue weighted by molar-refractivity contribution is 5.97. The van der Waals surface area contributed by atoms with E-state index in [2.05, 4.69) is 13.8 Å². The number of benzene rings is 1. The van der Waals surface area contributed by atoms with Crippen molar-refractivity contribution in [1.29, 1.82) is 0 Å². The quantitative estimate of drug-likeness (QED) is 0.902. The Morgan fingerprint density at radius 2 is 1.89 bits per heavy atom. The minimum absolute atomic E-state index is 0.100. The molecule has 1 aliphatic heterocycles. The van der Waals surface area contributed by atoms with Gasteiger partial charge in [-0.05, 0) is 36.5 Å². The van der Waals surface area contributed by atoms with Crippen molar-refractivity contribution < 1.29 is 9.59 Å². The lowest BCUT2D eigenvalue weighted by Gasteiger charge is -2.22. The van der Waals surface area contributed by atoms with E-state index < -0.39 is 11.9 Å². The number of amides is 2. The van der Waals surface area contributed by atoms with Crippen LogP contribution in [0, 0.1) is 0 Å². The summed E-state index contributed by atoms with van der Waals surface area (Å²) < 4.78 is 0. The van der Waals surface area contributed by atoms with Crippen LogP contribution in [0.2, 0.25) is 0 Å². The molecule has 1 aromatic carbocycles. The van der Waals surface area contributed by atoms with E-state index >= 15 is 0 Å². The molecule has 0 aromatic heterocycles. The van der Waals surface area contributed by atoms with Gasteiger partial charge in [0, 0.05) is 12.1 Å². The third kappa shape index (κ3) is 2.78. The number of carbonyl (C=O) groups is 2. The first-order valence-electron chi connectivity index (χ1n) is 6.71. The predicted octanol–water partition coefficient (Wildman–Crippen LogP) is 1.90. The van der Waals surface area contributed by atoms with Gasteiger partial charge in [-0.3, -0.25) is 9.59 Å². The van der Waals surface area contributed by atoms with E-state index in [9.17, 15) is 9.59 Å². The van der Waals surface area contributed by atoms with E-state index in [-0.39, 0.29) is 5.91 Å². The summed E-state index contributed by atoms with van der Waals surface area (Å²) in [7, 11) is 0. The number of hydrogen-bond acceptors (Lipinski definition) is 2. The lowest BCUT2D eigenvalue weighted by atomic mass is 10.0. The molecule has 1 aliphatic rings. The summed E-state index contributed by atoms with van der Waals surface area (Å²) in [5.41, 5.74) is 7.16. The fraction of sp³-hybridized carbons (Fsp3) is 0.467. The maximum atomic E-state index is 12.4. The van der Waals surface area contributed by atoms with Crippen LogP contribution in [0.1, 0.15) is 48.5 Å². The molecule has 0 saturated carbocycles. The monoisotopic (exact) mass is 260 g/mol. The Hall–Kier alpha value is -1.84. The first-order valence-corrected chi connectivity index (χ1v) is 6.71. The van der Waals surface area contributed by atoms with Crippen molar-refractivity contribution in [2.45, 2.75) is 38.6 Å². The van der Waals surface area contributed by atoms with Crippen molar-refractivity contribution in [3.05, 3.63) is 35.4 Å². The molecule has 0 aliphatic carbocycles. The number of carbonyl (C=O) groups excluding carboxylic acids is 2. The Morgan fingerprint density at radius 1 is 1.26 bits per heavy atom. The normalized spacial score (nSPS) is 18.9. The molecule has 2 amide bonds. The molecule has 1 fully saturated rings. The summed E-state index contributed by atoms with van der Waals surface area (Å²) in [4.78, 5) is 25.3. The molecule has 1 heterocycles. The molecule has 2 rings (SSSR count). The Kier molecular flexibility index (Phi) is 3.88. The third-order valence-corrected chi connectivity index (χ3v) is 3.67. The van der Waals surface area contributed by atoms with Crippen LogP contribution < -0.4 is 5.73 Å². The topological polar surface area (TPSA) is 63.4 Å². The van der Waals surface area contributed by atoms with Crippen LogP contribution in [0.25, 0.3) is 0 Å². The number of rotatable bonds is 3. The van der Waals surface area contributed by atoms with Crippen molar-refractivity contribution in [3.8, 4) is 0 Å². The van der Waals surface area contributed by atoms with Crippen LogP contribution in [0.5, 0.6) is 0 Å². The van der Waals surface area contributed by atoms with Crippen molar-refractivity contribution in [2.75, 3.05) is 6.54 Å².